The standard InChI is InChI=1S/C21H21Cl2N3O2S2/c1-14-3-4-15(2)17(11-14)19-13-29-21(24-19)25-7-9-26(10-8-25)30(27,28)20-12-16(22)5-6-18(20)23/h3-6,11-13H,7-10H2,1-2H3. The highest BCUT2D eigenvalue weighted by atomic mass is 35.5. The van der Waals surface area contributed by atoms with Crippen LogP contribution in [0.1, 0.15) is 11.1 Å². The van der Waals surface area contributed by atoms with E-state index in [0.717, 1.165) is 16.4 Å². The Morgan fingerprint density at radius 3 is 2.47 bits per heavy atom. The molecule has 1 saturated heterocycles. The van der Waals surface area contributed by atoms with Crippen LogP contribution in [0.2, 0.25) is 10.0 Å². The van der Waals surface area contributed by atoms with Crippen LogP contribution < -0.4 is 4.90 Å². The van der Waals surface area contributed by atoms with E-state index < -0.39 is 10.0 Å². The Kier molecular flexibility index (Phi) is 6.10. The van der Waals surface area contributed by atoms with Gasteiger partial charge in [0.25, 0.3) is 0 Å². The lowest BCUT2D eigenvalue weighted by Crippen LogP contribution is -2.48. The minimum atomic E-state index is -3.70. The number of thiazole rings is 1. The van der Waals surface area contributed by atoms with Crippen LogP contribution in [0.4, 0.5) is 5.13 Å². The van der Waals surface area contributed by atoms with Crippen molar-refractivity contribution in [2.24, 2.45) is 0 Å². The van der Waals surface area contributed by atoms with Crippen molar-refractivity contribution < 1.29 is 8.42 Å². The average Bonchev–Trinajstić information content (AvgIpc) is 3.21. The molecule has 0 aliphatic carbocycles. The molecule has 1 fully saturated rings. The molecule has 2 heterocycles. The largest absolute Gasteiger partial charge is 0.345 e. The number of hydrogen-bond donors (Lipinski definition) is 0. The summed E-state index contributed by atoms with van der Waals surface area (Å²) in [6.07, 6.45) is 0. The van der Waals surface area contributed by atoms with Crippen molar-refractivity contribution in [2.45, 2.75) is 18.7 Å². The van der Waals surface area contributed by atoms with Gasteiger partial charge in [-0.2, -0.15) is 4.31 Å². The van der Waals surface area contributed by atoms with Crippen LogP contribution in [-0.2, 0) is 10.0 Å². The predicted molar refractivity (Wildman–Crippen MR) is 124 cm³/mol. The number of benzene rings is 2. The van der Waals surface area contributed by atoms with E-state index in [0.29, 0.717) is 31.2 Å². The summed E-state index contributed by atoms with van der Waals surface area (Å²) >= 11 is 13.7. The van der Waals surface area contributed by atoms with Crippen LogP contribution in [0.25, 0.3) is 11.3 Å². The van der Waals surface area contributed by atoms with E-state index >= 15 is 0 Å². The molecular formula is C21H21Cl2N3O2S2. The molecule has 0 bridgehead atoms. The highest BCUT2D eigenvalue weighted by Gasteiger charge is 2.31. The van der Waals surface area contributed by atoms with Gasteiger partial charge in [-0.15, -0.1) is 11.3 Å². The molecule has 5 nitrogen and oxygen atoms in total. The van der Waals surface area contributed by atoms with Gasteiger partial charge in [-0.05, 0) is 43.7 Å². The molecule has 0 saturated carbocycles. The van der Waals surface area contributed by atoms with Crippen molar-refractivity contribution in [3.8, 4) is 11.3 Å². The summed E-state index contributed by atoms with van der Waals surface area (Å²) in [6, 6.07) is 10.8. The van der Waals surface area contributed by atoms with E-state index in [1.54, 1.807) is 17.4 Å². The Balaban J connectivity index is 1.50. The van der Waals surface area contributed by atoms with E-state index in [2.05, 4.69) is 42.3 Å². The van der Waals surface area contributed by atoms with Crippen molar-refractivity contribution in [3.05, 3.63) is 63.0 Å². The molecule has 1 aromatic heterocycles. The molecule has 30 heavy (non-hydrogen) atoms. The van der Waals surface area contributed by atoms with Crippen molar-refractivity contribution in [1.82, 2.24) is 9.29 Å². The average molecular weight is 482 g/mol. The van der Waals surface area contributed by atoms with E-state index in [1.165, 1.54) is 27.6 Å². The number of nitrogens with zero attached hydrogens (tertiary/aromatic N) is 3. The predicted octanol–water partition coefficient (Wildman–Crippen LogP) is 5.24. The number of sulfonamides is 1. The minimum Gasteiger partial charge on any atom is -0.345 e. The second-order valence-electron chi connectivity index (χ2n) is 7.30. The van der Waals surface area contributed by atoms with E-state index in [4.69, 9.17) is 28.2 Å². The Hall–Kier alpha value is -1.64. The molecule has 0 N–H and O–H groups in total. The van der Waals surface area contributed by atoms with Gasteiger partial charge < -0.3 is 4.90 Å². The molecule has 158 valence electrons. The lowest BCUT2D eigenvalue weighted by atomic mass is 10.0. The van der Waals surface area contributed by atoms with Gasteiger partial charge in [0.05, 0.1) is 10.7 Å². The second-order valence-corrected chi connectivity index (χ2v) is 10.9. The third-order valence-electron chi connectivity index (χ3n) is 5.18. The maximum atomic E-state index is 13.0. The Bertz CT molecular complexity index is 1190. The molecule has 2 aromatic carbocycles. The number of rotatable bonds is 4. The summed E-state index contributed by atoms with van der Waals surface area (Å²) in [5.41, 5.74) is 4.47. The van der Waals surface area contributed by atoms with Crippen molar-refractivity contribution >= 4 is 49.7 Å². The second kappa shape index (κ2) is 8.48. The molecule has 3 aromatic rings. The highest BCUT2D eigenvalue weighted by molar-refractivity contribution is 7.89. The molecule has 4 rings (SSSR count). The minimum absolute atomic E-state index is 0.0524. The lowest BCUT2D eigenvalue weighted by molar-refractivity contribution is 0.385. The topological polar surface area (TPSA) is 53.5 Å². The zero-order valence-electron chi connectivity index (χ0n) is 16.6. The first-order chi connectivity index (χ1) is 14.3. The van der Waals surface area contributed by atoms with E-state index in [9.17, 15) is 8.42 Å². The first kappa shape index (κ1) is 21.6. The zero-order valence-corrected chi connectivity index (χ0v) is 19.7. The maximum Gasteiger partial charge on any atom is 0.244 e. The molecule has 1 aliphatic rings. The number of piperazine rings is 1. The third kappa shape index (κ3) is 4.22. The van der Waals surface area contributed by atoms with Crippen molar-refractivity contribution in [2.75, 3.05) is 31.1 Å². The van der Waals surface area contributed by atoms with Gasteiger partial charge in [0.2, 0.25) is 10.0 Å². The zero-order chi connectivity index (χ0) is 21.5. The monoisotopic (exact) mass is 481 g/mol. The molecule has 9 heteroatoms. The fraction of sp³-hybridized carbons (Fsp3) is 0.286. The van der Waals surface area contributed by atoms with Gasteiger partial charge in [-0.25, -0.2) is 13.4 Å². The van der Waals surface area contributed by atoms with Gasteiger partial charge in [-0.3, -0.25) is 0 Å². The molecule has 0 radical (unpaired) electrons. The fourth-order valence-corrected chi connectivity index (χ4v) is 6.52. The van der Waals surface area contributed by atoms with Crippen LogP contribution in [-0.4, -0.2) is 43.9 Å². The molecule has 0 unspecified atom stereocenters. The Labute approximate surface area is 190 Å². The third-order valence-corrected chi connectivity index (χ3v) is 8.70. The summed E-state index contributed by atoms with van der Waals surface area (Å²) < 4.78 is 27.5. The summed E-state index contributed by atoms with van der Waals surface area (Å²) in [5, 5.41) is 3.49. The summed E-state index contributed by atoms with van der Waals surface area (Å²) in [7, 11) is -3.70. The van der Waals surface area contributed by atoms with Gasteiger partial charge in [0.15, 0.2) is 5.13 Å². The first-order valence-electron chi connectivity index (χ1n) is 9.49. The molecule has 0 spiro atoms. The number of aromatic nitrogens is 1. The van der Waals surface area contributed by atoms with Gasteiger partial charge in [-0.1, -0.05) is 40.9 Å². The number of anilines is 1. The van der Waals surface area contributed by atoms with Crippen LogP contribution >= 0.6 is 34.5 Å². The summed E-state index contributed by atoms with van der Waals surface area (Å²) in [4.78, 5) is 7.00. The molecule has 0 amide bonds. The van der Waals surface area contributed by atoms with Crippen LogP contribution in [0.5, 0.6) is 0 Å². The van der Waals surface area contributed by atoms with Crippen LogP contribution in [0.15, 0.2) is 46.7 Å². The van der Waals surface area contributed by atoms with Crippen molar-refractivity contribution in [1.29, 1.82) is 0 Å². The maximum absolute atomic E-state index is 13.0. The van der Waals surface area contributed by atoms with E-state index in [1.807, 2.05) is 0 Å². The summed E-state index contributed by atoms with van der Waals surface area (Å²) in [6.45, 7) is 6.02. The first-order valence-corrected chi connectivity index (χ1v) is 12.6. The quantitative estimate of drug-likeness (QED) is 0.510. The smallest absolute Gasteiger partial charge is 0.244 e. The van der Waals surface area contributed by atoms with Gasteiger partial charge in [0.1, 0.15) is 4.90 Å². The fourth-order valence-electron chi connectivity index (χ4n) is 3.48. The molecule has 0 atom stereocenters. The molecule has 1 aliphatic heterocycles. The number of aryl methyl sites for hydroxylation is 2. The van der Waals surface area contributed by atoms with Crippen LogP contribution in [0.3, 0.4) is 0 Å². The summed E-state index contributed by atoms with van der Waals surface area (Å²) in [5.74, 6) is 0. The molecular weight excluding hydrogens is 461 g/mol. The lowest BCUT2D eigenvalue weighted by Gasteiger charge is -2.34. The Morgan fingerprint density at radius 1 is 1.00 bits per heavy atom. The van der Waals surface area contributed by atoms with Crippen molar-refractivity contribution in [3.63, 3.8) is 0 Å². The number of hydrogen-bond acceptors (Lipinski definition) is 5. The highest BCUT2D eigenvalue weighted by Crippen LogP contribution is 2.32. The normalized spacial score (nSPS) is 15.5. The number of halogens is 2. The Morgan fingerprint density at radius 2 is 1.73 bits per heavy atom. The van der Waals surface area contributed by atoms with E-state index in [-0.39, 0.29) is 9.92 Å². The SMILES string of the molecule is Cc1ccc(C)c(-c2csc(N3CCN(S(=O)(=O)c4cc(Cl)ccc4Cl)CC3)n2)c1. The van der Waals surface area contributed by atoms with Gasteiger partial charge in [0, 0.05) is 42.1 Å². The van der Waals surface area contributed by atoms with Gasteiger partial charge >= 0.3 is 0 Å². The van der Waals surface area contributed by atoms with Crippen LogP contribution in [0, 0.1) is 13.8 Å².